The van der Waals surface area contributed by atoms with Gasteiger partial charge in [0.15, 0.2) is 6.29 Å². The molecule has 0 radical (unpaired) electrons. The van der Waals surface area contributed by atoms with E-state index in [2.05, 4.69) is 18.7 Å². The normalized spacial score (nSPS) is 26.1. The van der Waals surface area contributed by atoms with Crippen molar-refractivity contribution in [3.8, 4) is 0 Å². The summed E-state index contributed by atoms with van der Waals surface area (Å²) >= 11 is 0. The molecule has 5 heteroatoms. The summed E-state index contributed by atoms with van der Waals surface area (Å²) in [5, 5.41) is 0. The molecular formula is C12H26N2O3. The quantitative estimate of drug-likeness (QED) is 0.689. The number of rotatable bonds is 6. The Balaban J connectivity index is 2.88. The Kier molecular flexibility index (Phi) is 5.82. The molecule has 0 spiro atoms. The Morgan fingerprint density at radius 3 is 2.59 bits per heavy atom. The Hall–Kier alpha value is -0.200. The number of hydrogen-bond donors (Lipinski definition) is 1. The van der Waals surface area contributed by atoms with E-state index in [4.69, 9.17) is 19.9 Å². The molecule has 0 bridgehead atoms. The highest BCUT2D eigenvalue weighted by Crippen LogP contribution is 2.27. The summed E-state index contributed by atoms with van der Waals surface area (Å²) < 4.78 is 16.4. The van der Waals surface area contributed by atoms with Gasteiger partial charge in [0.1, 0.15) is 0 Å². The summed E-state index contributed by atoms with van der Waals surface area (Å²) in [4.78, 5) is 2.37. The van der Waals surface area contributed by atoms with E-state index < -0.39 is 0 Å². The van der Waals surface area contributed by atoms with Crippen molar-refractivity contribution >= 4 is 0 Å². The summed E-state index contributed by atoms with van der Waals surface area (Å²) in [7, 11) is 3.31. The van der Waals surface area contributed by atoms with Crippen molar-refractivity contribution in [2.45, 2.75) is 38.1 Å². The van der Waals surface area contributed by atoms with Crippen LogP contribution in [0.25, 0.3) is 0 Å². The minimum atomic E-state index is -0.320. The maximum atomic E-state index is 5.96. The van der Waals surface area contributed by atoms with E-state index in [9.17, 15) is 0 Å². The third-order valence-electron chi connectivity index (χ3n) is 3.70. The van der Waals surface area contributed by atoms with Crippen LogP contribution in [0.2, 0.25) is 0 Å². The van der Waals surface area contributed by atoms with Gasteiger partial charge in [-0.05, 0) is 13.3 Å². The summed E-state index contributed by atoms with van der Waals surface area (Å²) in [5.74, 6) is 0. The molecular weight excluding hydrogens is 220 g/mol. The number of nitrogens with two attached hydrogens (primary N) is 1. The Bertz CT molecular complexity index is 224. The largest absolute Gasteiger partial charge is 0.378 e. The molecule has 1 aliphatic heterocycles. The van der Waals surface area contributed by atoms with Gasteiger partial charge >= 0.3 is 0 Å². The molecule has 1 aliphatic rings. The molecule has 0 aromatic rings. The number of nitrogens with zero attached hydrogens (tertiary/aromatic N) is 1. The van der Waals surface area contributed by atoms with Crippen molar-refractivity contribution in [2.24, 2.45) is 5.73 Å². The SMILES string of the molecule is CCC1COCCN1C(C)(CN)C(OC)OC. The molecule has 17 heavy (non-hydrogen) atoms. The van der Waals surface area contributed by atoms with Crippen molar-refractivity contribution in [3.05, 3.63) is 0 Å². The fourth-order valence-corrected chi connectivity index (χ4v) is 2.62. The van der Waals surface area contributed by atoms with Crippen LogP contribution >= 0.6 is 0 Å². The van der Waals surface area contributed by atoms with Gasteiger partial charge in [-0.25, -0.2) is 0 Å². The first-order chi connectivity index (χ1) is 8.13. The lowest BCUT2D eigenvalue weighted by atomic mass is 9.95. The number of methoxy groups -OCH3 is 2. The first-order valence-corrected chi connectivity index (χ1v) is 6.24. The molecule has 1 rings (SSSR count). The number of morpholine rings is 1. The zero-order valence-corrected chi connectivity index (χ0v) is 11.4. The first kappa shape index (κ1) is 14.9. The topological polar surface area (TPSA) is 57.0 Å². The summed E-state index contributed by atoms with van der Waals surface area (Å²) in [6.45, 7) is 7.13. The highest BCUT2D eigenvalue weighted by molar-refractivity contribution is 4.95. The zero-order chi connectivity index (χ0) is 12.9. The van der Waals surface area contributed by atoms with Gasteiger partial charge < -0.3 is 19.9 Å². The van der Waals surface area contributed by atoms with Crippen LogP contribution in [0.1, 0.15) is 20.3 Å². The standard InChI is InChI=1S/C12H26N2O3/c1-5-10-8-17-7-6-14(10)12(2,9-13)11(15-3)16-4/h10-11H,5-9,13H2,1-4H3. The third kappa shape index (κ3) is 2.98. The molecule has 2 N–H and O–H groups in total. The predicted molar refractivity (Wildman–Crippen MR) is 66.9 cm³/mol. The van der Waals surface area contributed by atoms with Crippen molar-refractivity contribution in [2.75, 3.05) is 40.5 Å². The van der Waals surface area contributed by atoms with Gasteiger partial charge in [0.05, 0.1) is 18.8 Å². The molecule has 0 aliphatic carbocycles. The summed E-state index contributed by atoms with van der Waals surface area (Å²) in [6, 6.07) is 0.380. The van der Waals surface area contributed by atoms with Crippen LogP contribution in [0.5, 0.6) is 0 Å². The van der Waals surface area contributed by atoms with E-state index in [0.29, 0.717) is 12.6 Å². The van der Waals surface area contributed by atoms with Gasteiger partial charge in [-0.3, -0.25) is 4.90 Å². The minimum Gasteiger partial charge on any atom is -0.378 e. The summed E-state index contributed by atoms with van der Waals surface area (Å²) in [6.07, 6.45) is 0.718. The first-order valence-electron chi connectivity index (χ1n) is 6.24. The number of hydrogen-bond acceptors (Lipinski definition) is 5. The van der Waals surface area contributed by atoms with E-state index in [-0.39, 0.29) is 11.8 Å². The lowest BCUT2D eigenvalue weighted by Crippen LogP contribution is -2.66. The second-order valence-corrected chi connectivity index (χ2v) is 4.70. The van der Waals surface area contributed by atoms with Crippen LogP contribution in [0.3, 0.4) is 0 Å². The van der Waals surface area contributed by atoms with Gasteiger partial charge in [-0.2, -0.15) is 0 Å². The molecule has 0 saturated carbocycles. The van der Waals surface area contributed by atoms with E-state index >= 15 is 0 Å². The second kappa shape index (κ2) is 6.66. The molecule has 2 atom stereocenters. The van der Waals surface area contributed by atoms with Gasteiger partial charge in [-0.15, -0.1) is 0 Å². The van der Waals surface area contributed by atoms with Crippen molar-refractivity contribution in [1.29, 1.82) is 0 Å². The lowest BCUT2D eigenvalue weighted by Gasteiger charge is -2.49. The van der Waals surface area contributed by atoms with E-state index in [1.54, 1.807) is 14.2 Å². The monoisotopic (exact) mass is 246 g/mol. The maximum absolute atomic E-state index is 5.96. The van der Waals surface area contributed by atoms with E-state index in [1.165, 1.54) is 0 Å². The highest BCUT2D eigenvalue weighted by atomic mass is 16.7. The van der Waals surface area contributed by atoms with E-state index in [0.717, 1.165) is 26.2 Å². The van der Waals surface area contributed by atoms with Crippen LogP contribution in [0, 0.1) is 0 Å². The molecule has 0 aromatic carbocycles. The average molecular weight is 246 g/mol. The number of ether oxygens (including phenoxy) is 3. The van der Waals surface area contributed by atoms with E-state index in [1.807, 2.05) is 0 Å². The van der Waals surface area contributed by atoms with Gasteiger partial charge in [0.25, 0.3) is 0 Å². The third-order valence-corrected chi connectivity index (χ3v) is 3.70. The lowest BCUT2D eigenvalue weighted by molar-refractivity contribution is -0.201. The average Bonchev–Trinajstić information content (AvgIpc) is 2.39. The Labute approximate surface area is 104 Å². The Morgan fingerprint density at radius 1 is 1.47 bits per heavy atom. The van der Waals surface area contributed by atoms with Crippen LogP contribution in [-0.4, -0.2) is 63.3 Å². The van der Waals surface area contributed by atoms with Gasteiger partial charge in [0, 0.05) is 33.4 Å². The van der Waals surface area contributed by atoms with Crippen LogP contribution in [-0.2, 0) is 14.2 Å². The second-order valence-electron chi connectivity index (χ2n) is 4.70. The molecule has 0 aromatic heterocycles. The smallest absolute Gasteiger partial charge is 0.176 e. The van der Waals surface area contributed by atoms with Crippen LogP contribution in [0.15, 0.2) is 0 Å². The van der Waals surface area contributed by atoms with Crippen LogP contribution in [0.4, 0.5) is 0 Å². The molecule has 1 saturated heterocycles. The minimum absolute atomic E-state index is 0.312. The van der Waals surface area contributed by atoms with Gasteiger partial charge in [0.2, 0.25) is 0 Å². The Morgan fingerprint density at radius 2 is 2.12 bits per heavy atom. The fourth-order valence-electron chi connectivity index (χ4n) is 2.62. The molecule has 1 fully saturated rings. The molecule has 2 unspecified atom stereocenters. The van der Waals surface area contributed by atoms with Crippen molar-refractivity contribution in [1.82, 2.24) is 4.90 Å². The summed E-state index contributed by atoms with van der Waals surface area (Å²) in [5.41, 5.74) is 5.65. The van der Waals surface area contributed by atoms with Gasteiger partial charge in [-0.1, -0.05) is 6.92 Å². The van der Waals surface area contributed by atoms with Crippen molar-refractivity contribution in [3.63, 3.8) is 0 Å². The maximum Gasteiger partial charge on any atom is 0.176 e. The van der Waals surface area contributed by atoms with Crippen LogP contribution < -0.4 is 5.73 Å². The fraction of sp³-hybridized carbons (Fsp3) is 1.00. The predicted octanol–water partition coefficient (Wildman–Crippen LogP) is 0.434. The molecule has 5 nitrogen and oxygen atoms in total. The highest BCUT2D eigenvalue weighted by Gasteiger charge is 2.43. The van der Waals surface area contributed by atoms with Crippen molar-refractivity contribution < 1.29 is 14.2 Å². The zero-order valence-electron chi connectivity index (χ0n) is 11.4. The molecule has 102 valence electrons. The molecule has 0 amide bonds. The molecule has 1 heterocycles.